The number of nitrogens with zero attached hydrogens (tertiary/aromatic N) is 2. The highest BCUT2D eigenvalue weighted by molar-refractivity contribution is 5.88. The third-order valence-electron chi connectivity index (χ3n) is 5.00. The molecule has 0 aromatic carbocycles. The largest absolute Gasteiger partial charge is 0.460 e. The van der Waals surface area contributed by atoms with Crippen LogP contribution in [-0.2, 0) is 38.3 Å². The first kappa shape index (κ1) is 40.3. The normalized spacial score (nSPS) is 11.0. The molecular formula is C29H48N2O11. The van der Waals surface area contributed by atoms with Gasteiger partial charge >= 0.3 is 30.1 Å². The summed E-state index contributed by atoms with van der Waals surface area (Å²) in [5.74, 6) is -1.86. The molecule has 0 saturated carbocycles. The maximum atomic E-state index is 12.3. The summed E-state index contributed by atoms with van der Waals surface area (Å²) in [4.78, 5) is 68.9. The van der Waals surface area contributed by atoms with E-state index in [2.05, 4.69) is 24.5 Å². The van der Waals surface area contributed by atoms with Gasteiger partial charge < -0.3 is 29.0 Å². The molecule has 13 heteroatoms. The zero-order valence-electron chi connectivity index (χ0n) is 26.3. The van der Waals surface area contributed by atoms with Crippen LogP contribution in [0.2, 0.25) is 0 Å². The summed E-state index contributed by atoms with van der Waals surface area (Å²) in [7, 11) is 0. The Morgan fingerprint density at radius 1 is 0.762 bits per heavy atom. The SMILES string of the molecule is C=C(C)C(=O)OCCO.C=C(C)C(=O)ON(CCC(C)CC(C)(C)CN(OC(=O)C(=C)C)C(=O)OCC)C(=O)OCC. The number of aliphatic hydroxyl groups is 1. The topological polar surface area (TPSA) is 158 Å². The molecule has 0 spiro atoms. The molecule has 1 atom stereocenters. The summed E-state index contributed by atoms with van der Waals surface area (Å²) in [6.07, 6.45) is -0.457. The number of esters is 1. The zero-order chi connectivity index (χ0) is 33.0. The van der Waals surface area contributed by atoms with E-state index in [9.17, 15) is 24.0 Å². The summed E-state index contributed by atoms with van der Waals surface area (Å²) in [6.45, 7) is 24.3. The molecule has 240 valence electrons. The van der Waals surface area contributed by atoms with Crippen LogP contribution in [0.25, 0.3) is 0 Å². The lowest BCUT2D eigenvalue weighted by molar-refractivity contribution is -0.182. The number of carbonyl (C=O) groups is 5. The van der Waals surface area contributed by atoms with Gasteiger partial charge in [-0.3, -0.25) is 0 Å². The lowest BCUT2D eigenvalue weighted by Crippen LogP contribution is -2.41. The molecule has 0 saturated heterocycles. The van der Waals surface area contributed by atoms with Crippen molar-refractivity contribution in [2.75, 3.05) is 39.5 Å². The van der Waals surface area contributed by atoms with Crippen molar-refractivity contribution >= 4 is 30.1 Å². The van der Waals surface area contributed by atoms with Gasteiger partial charge in [0.1, 0.15) is 6.61 Å². The third-order valence-corrected chi connectivity index (χ3v) is 5.00. The Morgan fingerprint density at radius 2 is 1.19 bits per heavy atom. The second-order valence-electron chi connectivity index (χ2n) is 10.3. The molecule has 0 radical (unpaired) electrons. The van der Waals surface area contributed by atoms with Gasteiger partial charge in [0, 0.05) is 16.7 Å². The number of amides is 2. The van der Waals surface area contributed by atoms with E-state index in [4.69, 9.17) is 24.3 Å². The van der Waals surface area contributed by atoms with Crippen LogP contribution in [0.1, 0.15) is 68.2 Å². The lowest BCUT2D eigenvalue weighted by Gasteiger charge is -2.33. The minimum Gasteiger partial charge on any atom is -0.460 e. The van der Waals surface area contributed by atoms with Crippen LogP contribution in [0.5, 0.6) is 0 Å². The highest BCUT2D eigenvalue weighted by Crippen LogP contribution is 2.29. The molecule has 0 rings (SSSR count). The molecule has 0 aromatic heterocycles. The van der Waals surface area contributed by atoms with Crippen LogP contribution in [-0.4, -0.2) is 84.8 Å². The summed E-state index contributed by atoms with van der Waals surface area (Å²) >= 11 is 0. The van der Waals surface area contributed by atoms with E-state index < -0.39 is 35.5 Å². The molecule has 0 aliphatic rings. The standard InChI is InChI=1S/C23H38N2O8.C6H10O3/c1-10-30-21(28)24(32-19(26)16(3)4)13-12-18(7)14-23(8,9)15-25(22(29)31-11-2)33-20(27)17(5)6;1-5(2)6(8)9-4-3-7/h18H,3,5,10-15H2,1-2,4,6-9H3;7H,1,3-4H2,2H3. The van der Waals surface area contributed by atoms with Gasteiger partial charge in [0.05, 0.1) is 32.9 Å². The predicted molar refractivity (Wildman–Crippen MR) is 154 cm³/mol. The monoisotopic (exact) mass is 600 g/mol. The van der Waals surface area contributed by atoms with Crippen molar-refractivity contribution in [2.24, 2.45) is 11.3 Å². The second-order valence-corrected chi connectivity index (χ2v) is 10.3. The fraction of sp³-hybridized carbons (Fsp3) is 0.621. The van der Waals surface area contributed by atoms with Crippen LogP contribution < -0.4 is 0 Å². The molecule has 1 N–H and O–H groups in total. The molecular weight excluding hydrogens is 552 g/mol. The average Bonchev–Trinajstić information content (AvgIpc) is 2.88. The first-order valence-corrected chi connectivity index (χ1v) is 13.5. The molecule has 0 fully saturated rings. The molecule has 0 aliphatic carbocycles. The molecule has 0 aromatic rings. The Balaban J connectivity index is 0. The Bertz CT molecular complexity index is 959. The number of hydrogen-bond acceptors (Lipinski definition) is 11. The Morgan fingerprint density at radius 3 is 1.60 bits per heavy atom. The number of hydrogen-bond donors (Lipinski definition) is 1. The maximum Gasteiger partial charge on any atom is 0.443 e. The Hall–Kier alpha value is -3.87. The van der Waals surface area contributed by atoms with E-state index >= 15 is 0 Å². The minimum atomic E-state index is -0.770. The summed E-state index contributed by atoms with van der Waals surface area (Å²) in [5, 5.41) is 9.96. The third kappa shape index (κ3) is 18.5. The molecule has 0 bridgehead atoms. The average molecular weight is 601 g/mol. The minimum absolute atomic E-state index is 0.0429. The summed E-state index contributed by atoms with van der Waals surface area (Å²) < 4.78 is 14.4. The maximum absolute atomic E-state index is 12.3. The summed E-state index contributed by atoms with van der Waals surface area (Å²) in [5.41, 5.74) is 0.175. The first-order valence-electron chi connectivity index (χ1n) is 13.5. The van der Waals surface area contributed by atoms with E-state index in [-0.39, 0.29) is 56.6 Å². The number of rotatable bonds is 14. The van der Waals surface area contributed by atoms with Gasteiger partial charge in [-0.2, -0.15) is 0 Å². The molecule has 0 aliphatic heterocycles. The van der Waals surface area contributed by atoms with E-state index in [1.54, 1.807) is 20.8 Å². The number of ether oxygens (including phenoxy) is 3. The molecule has 42 heavy (non-hydrogen) atoms. The van der Waals surface area contributed by atoms with Crippen molar-refractivity contribution in [3.05, 3.63) is 36.5 Å². The van der Waals surface area contributed by atoms with Gasteiger partial charge in [0.15, 0.2) is 0 Å². The van der Waals surface area contributed by atoms with Gasteiger partial charge in [-0.15, -0.1) is 10.1 Å². The smallest absolute Gasteiger partial charge is 0.443 e. The molecule has 13 nitrogen and oxygen atoms in total. The van der Waals surface area contributed by atoms with Gasteiger partial charge in [0.2, 0.25) is 0 Å². The van der Waals surface area contributed by atoms with E-state index in [0.717, 1.165) is 10.1 Å². The van der Waals surface area contributed by atoms with Crippen molar-refractivity contribution in [1.82, 2.24) is 10.1 Å². The van der Waals surface area contributed by atoms with Crippen molar-refractivity contribution < 1.29 is 53.0 Å². The molecule has 1 unspecified atom stereocenters. The van der Waals surface area contributed by atoms with Crippen molar-refractivity contribution in [3.8, 4) is 0 Å². The van der Waals surface area contributed by atoms with Crippen molar-refractivity contribution in [3.63, 3.8) is 0 Å². The van der Waals surface area contributed by atoms with Gasteiger partial charge in [-0.1, -0.05) is 40.5 Å². The highest BCUT2D eigenvalue weighted by atomic mass is 16.8. The van der Waals surface area contributed by atoms with Gasteiger partial charge in [0.25, 0.3) is 0 Å². The fourth-order valence-electron chi connectivity index (χ4n) is 3.15. The van der Waals surface area contributed by atoms with E-state index in [0.29, 0.717) is 18.4 Å². The molecule has 0 heterocycles. The lowest BCUT2D eigenvalue weighted by atomic mass is 9.82. The summed E-state index contributed by atoms with van der Waals surface area (Å²) in [6, 6.07) is 0. The Kier molecular flexibility index (Phi) is 20.1. The number of hydroxylamine groups is 4. The van der Waals surface area contributed by atoms with Crippen LogP contribution in [0.15, 0.2) is 36.5 Å². The quantitative estimate of drug-likeness (QED) is 0.129. The van der Waals surface area contributed by atoms with Crippen LogP contribution in [0.3, 0.4) is 0 Å². The van der Waals surface area contributed by atoms with E-state index in [1.807, 2.05) is 20.8 Å². The van der Waals surface area contributed by atoms with Crippen molar-refractivity contribution in [1.29, 1.82) is 0 Å². The first-order chi connectivity index (χ1) is 19.4. The zero-order valence-corrected chi connectivity index (χ0v) is 26.3. The van der Waals surface area contributed by atoms with Gasteiger partial charge in [-0.25, -0.2) is 24.0 Å². The molecule has 2 amide bonds. The Labute approximate surface area is 248 Å². The van der Waals surface area contributed by atoms with Crippen LogP contribution >= 0.6 is 0 Å². The van der Waals surface area contributed by atoms with Crippen LogP contribution in [0.4, 0.5) is 9.59 Å². The van der Waals surface area contributed by atoms with Crippen molar-refractivity contribution in [2.45, 2.75) is 68.2 Å². The fourth-order valence-corrected chi connectivity index (χ4v) is 3.15. The number of aliphatic hydroxyl groups excluding tert-OH is 1. The number of carbonyl (C=O) groups excluding carboxylic acids is 5. The van der Waals surface area contributed by atoms with E-state index in [1.165, 1.54) is 13.8 Å². The second kappa shape index (κ2) is 20.9. The predicted octanol–water partition coefficient (Wildman–Crippen LogP) is 4.51. The highest BCUT2D eigenvalue weighted by Gasteiger charge is 2.31. The van der Waals surface area contributed by atoms with Crippen LogP contribution in [0, 0.1) is 11.3 Å². The van der Waals surface area contributed by atoms with Gasteiger partial charge in [-0.05, 0) is 58.8 Å².